The van der Waals surface area contributed by atoms with Crippen LogP contribution in [0.1, 0.15) is 17.3 Å². The third-order valence-electron chi connectivity index (χ3n) is 4.24. The molecule has 4 aromatic rings. The summed E-state index contributed by atoms with van der Waals surface area (Å²) in [6.45, 7) is 2.80. The Morgan fingerprint density at radius 3 is 2.46 bits per heavy atom. The van der Waals surface area contributed by atoms with E-state index in [2.05, 4.69) is 25.5 Å². The van der Waals surface area contributed by atoms with Gasteiger partial charge in [-0.05, 0) is 61.5 Å². The molecule has 0 saturated heterocycles. The Morgan fingerprint density at radius 1 is 1.04 bits per heavy atom. The quantitative estimate of drug-likeness (QED) is 0.379. The van der Waals surface area contributed by atoms with E-state index in [1.807, 2.05) is 55.5 Å². The van der Waals surface area contributed by atoms with Crippen LogP contribution in [-0.2, 0) is 6.54 Å². The summed E-state index contributed by atoms with van der Waals surface area (Å²) in [5.41, 5.74) is 1.61. The normalized spacial score (nSPS) is 11.7. The van der Waals surface area contributed by atoms with Gasteiger partial charge in [0.25, 0.3) is 5.91 Å². The van der Waals surface area contributed by atoms with Crippen molar-refractivity contribution >= 4 is 43.4 Å². The summed E-state index contributed by atoms with van der Waals surface area (Å²) >= 11 is 5.01. The highest BCUT2D eigenvalue weighted by atomic mass is 79.9. The molecule has 0 aliphatic rings. The van der Waals surface area contributed by atoms with Gasteiger partial charge in [0.2, 0.25) is 0 Å². The molecular weight excluding hydrogens is 436 g/mol. The number of aryl methyl sites for hydroxylation is 1. The summed E-state index contributed by atoms with van der Waals surface area (Å²) in [4.78, 5) is 17.7. The zero-order chi connectivity index (χ0) is 19.5. The number of hydrogen-bond donors (Lipinski definition) is 0. The molecule has 0 aliphatic carbocycles. The number of amides is 1. The number of para-hydroxylation sites is 1. The van der Waals surface area contributed by atoms with Crippen LogP contribution in [0.3, 0.4) is 0 Å². The van der Waals surface area contributed by atoms with Crippen LogP contribution < -0.4 is 9.54 Å². The van der Waals surface area contributed by atoms with Crippen molar-refractivity contribution in [1.82, 2.24) is 4.57 Å². The minimum Gasteiger partial charge on any atom is -0.457 e. The summed E-state index contributed by atoms with van der Waals surface area (Å²) < 4.78 is 9.93. The zero-order valence-corrected chi connectivity index (χ0v) is 17.5. The fraction of sp³-hybridized carbons (Fsp3) is 0.0909. The molecule has 0 bridgehead atoms. The van der Waals surface area contributed by atoms with Gasteiger partial charge in [0, 0.05) is 16.6 Å². The second-order valence-electron chi connectivity index (χ2n) is 6.10. The largest absolute Gasteiger partial charge is 0.457 e. The molecule has 140 valence electrons. The molecule has 1 amide bonds. The van der Waals surface area contributed by atoms with Gasteiger partial charge in [0.1, 0.15) is 11.5 Å². The minimum absolute atomic E-state index is 0.265. The van der Waals surface area contributed by atoms with Crippen molar-refractivity contribution in [2.24, 2.45) is 4.99 Å². The van der Waals surface area contributed by atoms with Crippen molar-refractivity contribution in [2.45, 2.75) is 13.5 Å². The fourth-order valence-electron chi connectivity index (χ4n) is 2.88. The average molecular weight is 453 g/mol. The van der Waals surface area contributed by atoms with Crippen molar-refractivity contribution in [3.63, 3.8) is 0 Å². The van der Waals surface area contributed by atoms with Gasteiger partial charge in [-0.2, -0.15) is 4.99 Å². The number of ether oxygens (including phenoxy) is 1. The van der Waals surface area contributed by atoms with Crippen molar-refractivity contribution in [3.8, 4) is 11.5 Å². The summed E-state index contributed by atoms with van der Waals surface area (Å²) in [7, 11) is 0. The lowest BCUT2D eigenvalue weighted by Gasteiger charge is -2.05. The van der Waals surface area contributed by atoms with Crippen LogP contribution in [0, 0.1) is 0 Å². The topological polar surface area (TPSA) is 43.6 Å². The van der Waals surface area contributed by atoms with Crippen molar-refractivity contribution in [3.05, 3.63) is 87.6 Å². The number of carbonyl (C=O) groups is 1. The standard InChI is InChI=1S/C22H17BrN2O2S/c1-2-25-19-13-10-16(23)14-20(19)28-22(25)24-21(26)15-8-11-18(12-9-15)27-17-6-4-3-5-7-17/h3-14H,2H2,1H3. The third-order valence-corrected chi connectivity index (χ3v) is 5.77. The first kappa shape index (κ1) is 18.7. The van der Waals surface area contributed by atoms with Gasteiger partial charge in [-0.25, -0.2) is 0 Å². The molecule has 0 saturated carbocycles. The smallest absolute Gasteiger partial charge is 0.279 e. The predicted octanol–water partition coefficient (Wildman–Crippen LogP) is 6.02. The number of aromatic nitrogens is 1. The molecule has 0 unspecified atom stereocenters. The lowest BCUT2D eigenvalue weighted by molar-refractivity contribution is 0.0998. The number of fused-ring (bicyclic) bond motifs is 1. The van der Waals surface area contributed by atoms with Crippen LogP contribution in [0.25, 0.3) is 10.2 Å². The number of nitrogens with zero attached hydrogens (tertiary/aromatic N) is 2. The van der Waals surface area contributed by atoms with Crippen LogP contribution in [0.15, 0.2) is 82.3 Å². The van der Waals surface area contributed by atoms with Crippen molar-refractivity contribution in [2.75, 3.05) is 0 Å². The number of halogens is 1. The summed E-state index contributed by atoms with van der Waals surface area (Å²) in [5.74, 6) is 1.17. The van der Waals surface area contributed by atoms with Gasteiger partial charge in [-0.3, -0.25) is 4.79 Å². The molecule has 4 rings (SSSR count). The highest BCUT2D eigenvalue weighted by Gasteiger charge is 2.09. The molecular formula is C22H17BrN2O2S. The Bertz CT molecular complexity index is 1190. The van der Waals surface area contributed by atoms with E-state index >= 15 is 0 Å². The number of benzene rings is 3. The van der Waals surface area contributed by atoms with E-state index < -0.39 is 0 Å². The van der Waals surface area contributed by atoms with Crippen LogP contribution in [0.4, 0.5) is 0 Å². The molecule has 0 spiro atoms. The Morgan fingerprint density at radius 2 is 1.75 bits per heavy atom. The number of hydrogen-bond acceptors (Lipinski definition) is 3. The molecule has 0 radical (unpaired) electrons. The second-order valence-corrected chi connectivity index (χ2v) is 8.02. The highest BCUT2D eigenvalue weighted by molar-refractivity contribution is 9.10. The first-order valence-corrected chi connectivity index (χ1v) is 10.5. The molecule has 1 aromatic heterocycles. The van der Waals surface area contributed by atoms with E-state index in [0.29, 0.717) is 16.1 Å². The first-order chi connectivity index (χ1) is 13.6. The number of thiazole rings is 1. The monoisotopic (exact) mass is 452 g/mol. The van der Waals surface area contributed by atoms with E-state index in [-0.39, 0.29) is 5.91 Å². The molecule has 28 heavy (non-hydrogen) atoms. The molecule has 0 N–H and O–H groups in total. The molecule has 4 nitrogen and oxygen atoms in total. The van der Waals surface area contributed by atoms with Gasteiger partial charge in [-0.1, -0.05) is 45.5 Å². The molecule has 0 aliphatic heterocycles. The molecule has 0 atom stereocenters. The maximum absolute atomic E-state index is 12.7. The van der Waals surface area contributed by atoms with Crippen molar-refractivity contribution in [1.29, 1.82) is 0 Å². The molecule has 6 heteroatoms. The van der Waals surface area contributed by atoms with E-state index in [1.165, 1.54) is 11.3 Å². The first-order valence-electron chi connectivity index (χ1n) is 8.85. The number of carbonyl (C=O) groups excluding carboxylic acids is 1. The summed E-state index contributed by atoms with van der Waals surface area (Å²) in [5, 5.41) is 0. The van der Waals surface area contributed by atoms with E-state index in [4.69, 9.17) is 4.74 Å². The van der Waals surface area contributed by atoms with Crippen LogP contribution in [0.2, 0.25) is 0 Å². The van der Waals surface area contributed by atoms with Crippen LogP contribution in [-0.4, -0.2) is 10.5 Å². The van der Waals surface area contributed by atoms with Gasteiger partial charge >= 0.3 is 0 Å². The number of rotatable bonds is 4. The SMILES string of the molecule is CCn1c(=NC(=O)c2ccc(Oc3ccccc3)cc2)sc2cc(Br)ccc21. The maximum atomic E-state index is 12.7. The molecule has 1 heterocycles. The van der Waals surface area contributed by atoms with Crippen LogP contribution >= 0.6 is 27.3 Å². The predicted molar refractivity (Wildman–Crippen MR) is 116 cm³/mol. The molecule has 0 fully saturated rings. The van der Waals surface area contributed by atoms with Gasteiger partial charge in [0.05, 0.1) is 10.2 Å². The van der Waals surface area contributed by atoms with Gasteiger partial charge < -0.3 is 9.30 Å². The van der Waals surface area contributed by atoms with Gasteiger partial charge in [-0.15, -0.1) is 0 Å². The Kier molecular flexibility index (Phi) is 5.41. The zero-order valence-electron chi connectivity index (χ0n) is 15.1. The summed E-state index contributed by atoms with van der Waals surface area (Å²) in [6, 6.07) is 22.7. The average Bonchev–Trinajstić information content (AvgIpc) is 3.05. The maximum Gasteiger partial charge on any atom is 0.279 e. The lowest BCUT2D eigenvalue weighted by Crippen LogP contribution is -2.15. The minimum atomic E-state index is -0.265. The third kappa shape index (κ3) is 3.93. The van der Waals surface area contributed by atoms with Crippen LogP contribution in [0.5, 0.6) is 11.5 Å². The fourth-order valence-corrected chi connectivity index (χ4v) is 4.52. The Balaban J connectivity index is 1.62. The van der Waals surface area contributed by atoms with Crippen molar-refractivity contribution < 1.29 is 9.53 Å². The molecule has 3 aromatic carbocycles. The Labute approximate surface area is 174 Å². The van der Waals surface area contributed by atoms with Gasteiger partial charge in [0.15, 0.2) is 4.80 Å². The van der Waals surface area contributed by atoms with E-state index in [0.717, 1.165) is 27.0 Å². The summed E-state index contributed by atoms with van der Waals surface area (Å²) in [6.07, 6.45) is 0. The second kappa shape index (κ2) is 8.12. The van der Waals surface area contributed by atoms with E-state index in [1.54, 1.807) is 24.3 Å². The Hall–Kier alpha value is -2.70. The van der Waals surface area contributed by atoms with E-state index in [9.17, 15) is 4.79 Å². The highest BCUT2D eigenvalue weighted by Crippen LogP contribution is 2.23. The lowest BCUT2D eigenvalue weighted by atomic mass is 10.2.